The number of hydrogen-bond acceptors (Lipinski definition) is 6. The SMILES string of the molecule is Nc1cc(Br)cc(Br)c1S(=O)(=O)NCc1ncon1. The van der Waals surface area contributed by atoms with Crippen LogP contribution in [0.3, 0.4) is 0 Å². The van der Waals surface area contributed by atoms with E-state index in [0.717, 1.165) is 6.39 Å². The van der Waals surface area contributed by atoms with Gasteiger partial charge in [-0.05, 0) is 28.1 Å². The molecule has 102 valence electrons. The van der Waals surface area contributed by atoms with E-state index in [2.05, 4.69) is 51.2 Å². The number of nitrogens with one attached hydrogen (secondary N) is 1. The van der Waals surface area contributed by atoms with Crippen molar-refractivity contribution in [3.63, 3.8) is 0 Å². The summed E-state index contributed by atoms with van der Waals surface area (Å²) >= 11 is 6.40. The maximum absolute atomic E-state index is 12.2. The summed E-state index contributed by atoms with van der Waals surface area (Å²) in [6, 6.07) is 3.10. The molecule has 0 aliphatic heterocycles. The molecule has 10 heteroatoms. The van der Waals surface area contributed by atoms with Crippen LogP contribution in [-0.4, -0.2) is 18.6 Å². The maximum atomic E-state index is 12.2. The van der Waals surface area contributed by atoms with Gasteiger partial charge in [0.2, 0.25) is 16.4 Å². The topological polar surface area (TPSA) is 111 Å². The molecule has 0 radical (unpaired) electrons. The third-order valence-electron chi connectivity index (χ3n) is 2.13. The highest BCUT2D eigenvalue weighted by atomic mass is 79.9. The Kier molecular flexibility index (Phi) is 4.23. The quantitative estimate of drug-likeness (QED) is 0.740. The molecule has 0 amide bonds. The fourth-order valence-corrected chi connectivity index (χ4v) is 4.41. The number of nitrogen functional groups attached to an aromatic ring is 1. The molecular formula is C9H8Br2N4O3S. The van der Waals surface area contributed by atoms with Crippen molar-refractivity contribution >= 4 is 47.6 Å². The molecule has 7 nitrogen and oxygen atoms in total. The summed E-state index contributed by atoms with van der Waals surface area (Å²) in [4.78, 5) is 3.69. The molecule has 3 N–H and O–H groups in total. The Morgan fingerprint density at radius 3 is 2.68 bits per heavy atom. The highest BCUT2D eigenvalue weighted by molar-refractivity contribution is 9.11. The molecule has 0 fully saturated rings. The van der Waals surface area contributed by atoms with Gasteiger partial charge in [-0.3, -0.25) is 0 Å². The first-order valence-corrected chi connectivity index (χ1v) is 7.96. The monoisotopic (exact) mass is 410 g/mol. The Bertz CT molecular complexity index is 664. The second kappa shape index (κ2) is 5.57. The van der Waals surface area contributed by atoms with E-state index in [4.69, 9.17) is 5.73 Å². The number of hydrogen-bond donors (Lipinski definition) is 2. The molecule has 0 aliphatic rings. The van der Waals surface area contributed by atoms with Gasteiger partial charge in [0.15, 0.2) is 5.82 Å². The van der Waals surface area contributed by atoms with Crippen LogP contribution >= 0.6 is 31.9 Å². The lowest BCUT2D eigenvalue weighted by Crippen LogP contribution is -2.25. The highest BCUT2D eigenvalue weighted by Gasteiger charge is 2.22. The Morgan fingerprint density at radius 2 is 2.11 bits per heavy atom. The standard InChI is InChI=1S/C9H8Br2N4O3S/c10-5-1-6(11)9(7(12)2-5)19(16,17)14-3-8-13-4-18-15-8/h1-2,4,14H,3,12H2. The first-order chi connectivity index (χ1) is 8.90. The Balaban J connectivity index is 2.29. The Labute approximate surface area is 125 Å². The van der Waals surface area contributed by atoms with E-state index in [0.29, 0.717) is 8.95 Å². The summed E-state index contributed by atoms with van der Waals surface area (Å²) < 4.78 is 32.2. The van der Waals surface area contributed by atoms with Crippen molar-refractivity contribution in [2.24, 2.45) is 0 Å². The lowest BCUT2D eigenvalue weighted by atomic mass is 10.3. The van der Waals surface area contributed by atoms with Crippen LogP contribution in [0.2, 0.25) is 0 Å². The van der Waals surface area contributed by atoms with E-state index in [1.165, 1.54) is 6.07 Å². The van der Waals surface area contributed by atoms with Crippen LogP contribution in [0.15, 0.2) is 36.9 Å². The molecule has 0 unspecified atom stereocenters. The predicted molar refractivity (Wildman–Crippen MR) is 74.6 cm³/mol. The molecule has 19 heavy (non-hydrogen) atoms. The fraction of sp³-hybridized carbons (Fsp3) is 0.111. The van der Waals surface area contributed by atoms with Crippen molar-refractivity contribution in [1.82, 2.24) is 14.9 Å². The van der Waals surface area contributed by atoms with Gasteiger partial charge in [0, 0.05) is 8.95 Å². The van der Waals surface area contributed by atoms with Crippen molar-refractivity contribution in [2.75, 3.05) is 5.73 Å². The average molecular weight is 412 g/mol. The lowest BCUT2D eigenvalue weighted by molar-refractivity contribution is 0.409. The summed E-state index contributed by atoms with van der Waals surface area (Å²) in [5.41, 5.74) is 5.86. The molecule has 0 atom stereocenters. The van der Waals surface area contributed by atoms with Gasteiger partial charge in [-0.1, -0.05) is 21.1 Å². The van der Waals surface area contributed by atoms with Gasteiger partial charge in [-0.15, -0.1) is 0 Å². The van der Waals surface area contributed by atoms with Gasteiger partial charge in [0.1, 0.15) is 4.90 Å². The molecular weight excluding hydrogens is 404 g/mol. The van der Waals surface area contributed by atoms with E-state index in [1.54, 1.807) is 6.07 Å². The van der Waals surface area contributed by atoms with E-state index >= 15 is 0 Å². The van der Waals surface area contributed by atoms with Crippen LogP contribution in [0, 0.1) is 0 Å². The smallest absolute Gasteiger partial charge is 0.244 e. The van der Waals surface area contributed by atoms with Gasteiger partial charge < -0.3 is 10.3 Å². The largest absolute Gasteiger partial charge is 0.398 e. The number of nitrogens with zero attached hydrogens (tertiary/aromatic N) is 2. The van der Waals surface area contributed by atoms with Crippen molar-refractivity contribution in [3.05, 3.63) is 33.3 Å². The first-order valence-electron chi connectivity index (χ1n) is 4.89. The number of halogens is 2. The van der Waals surface area contributed by atoms with Gasteiger partial charge >= 0.3 is 0 Å². The summed E-state index contributed by atoms with van der Waals surface area (Å²) in [7, 11) is -3.78. The summed E-state index contributed by atoms with van der Waals surface area (Å²) in [5.74, 6) is 0.232. The molecule has 1 aromatic heterocycles. The minimum atomic E-state index is -3.78. The zero-order valence-electron chi connectivity index (χ0n) is 9.30. The van der Waals surface area contributed by atoms with E-state index in [1.807, 2.05) is 0 Å². The number of anilines is 1. The van der Waals surface area contributed by atoms with E-state index in [-0.39, 0.29) is 23.0 Å². The summed E-state index contributed by atoms with van der Waals surface area (Å²) in [5, 5.41) is 3.51. The Hall–Kier alpha value is -0.970. The van der Waals surface area contributed by atoms with Gasteiger partial charge in [-0.2, -0.15) is 4.98 Å². The third-order valence-corrected chi connectivity index (χ3v) is 5.00. The summed E-state index contributed by atoms with van der Waals surface area (Å²) in [6.07, 6.45) is 1.12. The van der Waals surface area contributed by atoms with Crippen molar-refractivity contribution in [1.29, 1.82) is 0 Å². The minimum absolute atomic E-state index is 0.0285. The normalized spacial score (nSPS) is 11.7. The van der Waals surface area contributed by atoms with Crippen LogP contribution in [0.25, 0.3) is 0 Å². The summed E-state index contributed by atoms with van der Waals surface area (Å²) in [6.45, 7) is -0.0826. The first kappa shape index (κ1) is 14.4. The third kappa shape index (κ3) is 3.32. The number of rotatable bonds is 4. The van der Waals surface area contributed by atoms with Gasteiger partial charge in [-0.25, -0.2) is 13.1 Å². The molecule has 0 saturated carbocycles. The highest BCUT2D eigenvalue weighted by Crippen LogP contribution is 2.31. The molecule has 0 aliphatic carbocycles. The number of benzene rings is 1. The molecule has 1 aromatic carbocycles. The molecule has 0 bridgehead atoms. The maximum Gasteiger partial charge on any atom is 0.244 e. The van der Waals surface area contributed by atoms with Crippen LogP contribution in [0.4, 0.5) is 5.69 Å². The number of sulfonamides is 1. The van der Waals surface area contributed by atoms with Crippen LogP contribution < -0.4 is 10.5 Å². The van der Waals surface area contributed by atoms with Crippen LogP contribution in [-0.2, 0) is 16.6 Å². The molecule has 1 heterocycles. The zero-order valence-corrected chi connectivity index (χ0v) is 13.3. The van der Waals surface area contributed by atoms with E-state index < -0.39 is 10.0 Å². The molecule has 2 aromatic rings. The predicted octanol–water partition coefficient (Wildman–Crippen LogP) is 1.66. The zero-order chi connectivity index (χ0) is 14.0. The fourth-order valence-electron chi connectivity index (χ4n) is 1.37. The van der Waals surface area contributed by atoms with Crippen molar-refractivity contribution < 1.29 is 12.9 Å². The molecule has 0 saturated heterocycles. The average Bonchev–Trinajstić information content (AvgIpc) is 2.77. The van der Waals surface area contributed by atoms with Crippen molar-refractivity contribution in [2.45, 2.75) is 11.4 Å². The van der Waals surface area contributed by atoms with Crippen LogP contribution in [0.1, 0.15) is 5.82 Å². The van der Waals surface area contributed by atoms with E-state index in [9.17, 15) is 8.42 Å². The van der Waals surface area contributed by atoms with Gasteiger partial charge in [0.25, 0.3) is 0 Å². The van der Waals surface area contributed by atoms with Crippen LogP contribution in [0.5, 0.6) is 0 Å². The minimum Gasteiger partial charge on any atom is -0.398 e. The molecule has 2 rings (SSSR count). The number of aromatic nitrogens is 2. The van der Waals surface area contributed by atoms with Gasteiger partial charge in [0.05, 0.1) is 12.2 Å². The second-order valence-electron chi connectivity index (χ2n) is 3.48. The number of nitrogens with two attached hydrogens (primary N) is 1. The second-order valence-corrected chi connectivity index (χ2v) is 6.95. The lowest BCUT2D eigenvalue weighted by Gasteiger charge is -2.10. The molecule has 0 spiro atoms. The van der Waals surface area contributed by atoms with Crippen molar-refractivity contribution in [3.8, 4) is 0 Å². The Morgan fingerprint density at radius 1 is 1.37 bits per heavy atom.